The van der Waals surface area contributed by atoms with Crippen LogP contribution in [-0.2, 0) is 4.79 Å². The maximum absolute atomic E-state index is 12.3. The van der Waals surface area contributed by atoms with Crippen molar-refractivity contribution in [1.29, 1.82) is 0 Å². The largest absolute Gasteiger partial charge is 0.349 e. The van der Waals surface area contributed by atoms with E-state index in [1.54, 1.807) is 0 Å². The molecule has 2 aliphatic heterocycles. The van der Waals surface area contributed by atoms with E-state index in [9.17, 15) is 4.79 Å². The van der Waals surface area contributed by atoms with Crippen LogP contribution in [0.1, 0.15) is 37.3 Å². The first-order valence-corrected chi connectivity index (χ1v) is 9.01. The summed E-state index contributed by atoms with van der Waals surface area (Å²) < 4.78 is 0. The molecule has 1 fully saturated rings. The summed E-state index contributed by atoms with van der Waals surface area (Å²) in [7, 11) is 0. The molecule has 1 aromatic rings. The minimum Gasteiger partial charge on any atom is -0.349 e. The van der Waals surface area contributed by atoms with Crippen LogP contribution in [0.2, 0.25) is 5.02 Å². The molecule has 3 rings (SSSR count). The topological polar surface area (TPSA) is 41.1 Å². The highest BCUT2D eigenvalue weighted by Crippen LogP contribution is 2.37. The molecule has 21 heavy (non-hydrogen) atoms. The molecule has 0 aliphatic carbocycles. The Kier molecular flexibility index (Phi) is 5.09. The number of rotatable bonds is 3. The normalized spacial score (nSPS) is 22.6. The number of halogens is 1. The van der Waals surface area contributed by atoms with E-state index in [2.05, 4.69) is 16.7 Å². The molecule has 3 nitrogen and oxygen atoms in total. The van der Waals surface area contributed by atoms with Crippen LogP contribution in [0.4, 0.5) is 0 Å². The highest BCUT2D eigenvalue weighted by Gasteiger charge is 2.24. The van der Waals surface area contributed by atoms with Crippen LogP contribution in [-0.4, -0.2) is 24.7 Å². The summed E-state index contributed by atoms with van der Waals surface area (Å²) in [4.78, 5) is 13.6. The van der Waals surface area contributed by atoms with Gasteiger partial charge in [-0.1, -0.05) is 11.6 Å². The van der Waals surface area contributed by atoms with Crippen molar-refractivity contribution in [3.8, 4) is 0 Å². The average Bonchev–Trinajstić information content (AvgIpc) is 2.49. The van der Waals surface area contributed by atoms with Crippen molar-refractivity contribution >= 4 is 29.3 Å². The van der Waals surface area contributed by atoms with Crippen LogP contribution in [0.5, 0.6) is 0 Å². The number of fused-ring (bicyclic) bond motifs is 1. The van der Waals surface area contributed by atoms with Crippen LogP contribution >= 0.6 is 23.4 Å². The van der Waals surface area contributed by atoms with Gasteiger partial charge in [0, 0.05) is 22.1 Å². The Morgan fingerprint density at radius 2 is 2.14 bits per heavy atom. The van der Waals surface area contributed by atoms with Gasteiger partial charge in [0.2, 0.25) is 5.91 Å². The third-order valence-corrected chi connectivity index (χ3v) is 5.64. The molecule has 0 bridgehead atoms. The molecule has 1 atom stereocenters. The first kappa shape index (κ1) is 15.2. The van der Waals surface area contributed by atoms with Gasteiger partial charge in [0.25, 0.3) is 0 Å². The molecule has 2 aliphatic rings. The van der Waals surface area contributed by atoms with E-state index in [-0.39, 0.29) is 11.9 Å². The van der Waals surface area contributed by atoms with Gasteiger partial charge in [-0.05, 0) is 62.0 Å². The summed E-state index contributed by atoms with van der Waals surface area (Å²) in [6.07, 6.45) is 3.85. The van der Waals surface area contributed by atoms with Crippen molar-refractivity contribution in [2.45, 2.75) is 36.6 Å². The quantitative estimate of drug-likeness (QED) is 0.895. The average molecular weight is 325 g/mol. The van der Waals surface area contributed by atoms with Crippen LogP contribution in [0.15, 0.2) is 23.1 Å². The standard InChI is InChI=1S/C16H21ClN2OS/c17-12-1-2-15-13(10-12)14(5-8-21-15)19-16(20)9-11-3-6-18-7-4-11/h1-2,10-11,14,18H,3-9H2,(H,19,20). The second-order valence-corrected chi connectivity index (χ2v) is 7.41. The van der Waals surface area contributed by atoms with Gasteiger partial charge >= 0.3 is 0 Å². The van der Waals surface area contributed by atoms with Crippen LogP contribution in [0, 0.1) is 5.92 Å². The van der Waals surface area contributed by atoms with E-state index in [0.717, 1.165) is 43.1 Å². The Morgan fingerprint density at radius 3 is 2.95 bits per heavy atom. The lowest BCUT2D eigenvalue weighted by atomic mass is 9.94. The van der Waals surface area contributed by atoms with Gasteiger partial charge in [-0.2, -0.15) is 0 Å². The third-order valence-electron chi connectivity index (χ3n) is 4.28. The van der Waals surface area contributed by atoms with Crippen LogP contribution in [0.3, 0.4) is 0 Å². The molecule has 0 spiro atoms. The van der Waals surface area contributed by atoms with Gasteiger partial charge < -0.3 is 10.6 Å². The molecule has 0 saturated carbocycles. The molecule has 1 aromatic carbocycles. The zero-order chi connectivity index (χ0) is 14.7. The van der Waals surface area contributed by atoms with Crippen molar-refractivity contribution in [1.82, 2.24) is 10.6 Å². The summed E-state index contributed by atoms with van der Waals surface area (Å²) in [5, 5.41) is 7.30. The number of hydrogen-bond donors (Lipinski definition) is 2. The number of nitrogens with one attached hydrogen (secondary N) is 2. The van der Waals surface area contributed by atoms with Crippen molar-refractivity contribution < 1.29 is 4.79 Å². The fourth-order valence-corrected chi connectivity index (χ4v) is 4.40. The van der Waals surface area contributed by atoms with E-state index in [0.29, 0.717) is 12.3 Å². The zero-order valence-corrected chi connectivity index (χ0v) is 13.6. The molecule has 114 valence electrons. The lowest BCUT2D eigenvalue weighted by molar-refractivity contribution is -0.123. The molecule has 2 N–H and O–H groups in total. The van der Waals surface area contributed by atoms with E-state index in [4.69, 9.17) is 11.6 Å². The van der Waals surface area contributed by atoms with E-state index < -0.39 is 0 Å². The SMILES string of the molecule is O=C(CC1CCNCC1)NC1CCSc2ccc(Cl)cc21. The molecule has 1 amide bonds. The Balaban J connectivity index is 1.63. The van der Waals surface area contributed by atoms with E-state index >= 15 is 0 Å². The van der Waals surface area contributed by atoms with Gasteiger partial charge in [0.1, 0.15) is 0 Å². The number of hydrogen-bond acceptors (Lipinski definition) is 3. The second-order valence-electron chi connectivity index (χ2n) is 5.84. The number of benzene rings is 1. The molecule has 2 heterocycles. The molecule has 1 unspecified atom stereocenters. The summed E-state index contributed by atoms with van der Waals surface area (Å²) in [6, 6.07) is 6.10. The smallest absolute Gasteiger partial charge is 0.220 e. The van der Waals surface area contributed by atoms with E-state index in [1.165, 1.54) is 10.5 Å². The minimum absolute atomic E-state index is 0.120. The van der Waals surface area contributed by atoms with Gasteiger partial charge in [-0.15, -0.1) is 11.8 Å². The Bertz CT molecular complexity index is 517. The predicted octanol–water partition coefficient (Wildman–Crippen LogP) is 3.38. The third kappa shape index (κ3) is 3.93. The highest BCUT2D eigenvalue weighted by molar-refractivity contribution is 7.99. The highest BCUT2D eigenvalue weighted by atomic mass is 35.5. The number of thioether (sulfide) groups is 1. The molecule has 0 radical (unpaired) electrons. The predicted molar refractivity (Wildman–Crippen MR) is 87.9 cm³/mol. The fourth-order valence-electron chi connectivity index (χ4n) is 3.12. The molecule has 0 aromatic heterocycles. The Morgan fingerprint density at radius 1 is 1.33 bits per heavy atom. The van der Waals surface area contributed by atoms with Crippen molar-refractivity contribution in [3.63, 3.8) is 0 Å². The first-order valence-electron chi connectivity index (χ1n) is 7.64. The Hall–Kier alpha value is -0.710. The fraction of sp³-hybridized carbons (Fsp3) is 0.562. The number of carbonyl (C=O) groups excluding carboxylic acids is 1. The zero-order valence-electron chi connectivity index (χ0n) is 12.0. The number of carbonyl (C=O) groups is 1. The summed E-state index contributed by atoms with van der Waals surface area (Å²) in [5.74, 6) is 1.76. The van der Waals surface area contributed by atoms with Gasteiger partial charge in [-0.25, -0.2) is 0 Å². The lowest BCUT2D eigenvalue weighted by Gasteiger charge is -2.28. The number of amides is 1. The molecular weight excluding hydrogens is 304 g/mol. The molecular formula is C16H21ClN2OS. The van der Waals surface area contributed by atoms with Crippen molar-refractivity contribution in [3.05, 3.63) is 28.8 Å². The summed E-state index contributed by atoms with van der Waals surface area (Å²) in [6.45, 7) is 2.08. The van der Waals surface area contributed by atoms with Gasteiger partial charge in [0.15, 0.2) is 0 Å². The lowest BCUT2D eigenvalue weighted by Crippen LogP contribution is -2.34. The van der Waals surface area contributed by atoms with Gasteiger partial charge in [0.05, 0.1) is 6.04 Å². The van der Waals surface area contributed by atoms with Crippen molar-refractivity contribution in [2.75, 3.05) is 18.8 Å². The maximum atomic E-state index is 12.3. The monoisotopic (exact) mass is 324 g/mol. The van der Waals surface area contributed by atoms with Crippen LogP contribution in [0.25, 0.3) is 0 Å². The second kappa shape index (κ2) is 7.03. The summed E-state index contributed by atoms with van der Waals surface area (Å²) in [5.41, 5.74) is 1.18. The van der Waals surface area contributed by atoms with E-state index in [1.807, 2.05) is 23.9 Å². The number of piperidine rings is 1. The maximum Gasteiger partial charge on any atom is 0.220 e. The van der Waals surface area contributed by atoms with Crippen molar-refractivity contribution in [2.24, 2.45) is 5.92 Å². The molecule has 5 heteroatoms. The summed E-state index contributed by atoms with van der Waals surface area (Å²) >= 11 is 7.95. The molecule has 1 saturated heterocycles. The Labute approximate surface area is 135 Å². The minimum atomic E-state index is 0.120. The first-order chi connectivity index (χ1) is 10.2. The van der Waals surface area contributed by atoms with Crippen LogP contribution < -0.4 is 10.6 Å². The van der Waals surface area contributed by atoms with Gasteiger partial charge in [-0.3, -0.25) is 4.79 Å².